The molecular formula is C14H19N3O3. The summed E-state index contributed by atoms with van der Waals surface area (Å²) in [4.78, 5) is 25.7. The Labute approximate surface area is 117 Å². The summed E-state index contributed by atoms with van der Waals surface area (Å²) in [6, 6.07) is 7.28. The van der Waals surface area contributed by atoms with Crippen molar-refractivity contribution < 1.29 is 14.3 Å². The number of rotatable bonds is 3. The third kappa shape index (κ3) is 2.46. The number of ether oxygens (including phenoxy) is 1. The Balaban J connectivity index is 2.35. The maximum absolute atomic E-state index is 12.3. The van der Waals surface area contributed by atoms with Crippen molar-refractivity contribution >= 4 is 17.5 Å². The monoisotopic (exact) mass is 277 g/mol. The van der Waals surface area contributed by atoms with Crippen LogP contribution in [0.4, 0.5) is 5.69 Å². The number of anilines is 1. The van der Waals surface area contributed by atoms with Gasteiger partial charge >= 0.3 is 0 Å². The van der Waals surface area contributed by atoms with Crippen molar-refractivity contribution in [1.29, 1.82) is 0 Å². The molecule has 1 unspecified atom stereocenters. The quantitative estimate of drug-likeness (QED) is 0.486. The van der Waals surface area contributed by atoms with Crippen molar-refractivity contribution in [2.75, 3.05) is 11.4 Å². The Bertz CT molecular complexity index is 542. The molecule has 1 aliphatic rings. The Morgan fingerprint density at radius 1 is 1.45 bits per heavy atom. The largest absolute Gasteiger partial charge is 0.479 e. The van der Waals surface area contributed by atoms with Crippen LogP contribution in [0.5, 0.6) is 5.75 Å². The maximum Gasteiger partial charge on any atom is 0.267 e. The third-order valence-corrected chi connectivity index (χ3v) is 3.37. The lowest BCUT2D eigenvalue weighted by atomic mass is 9.91. The molecule has 2 rings (SSSR count). The minimum Gasteiger partial charge on any atom is -0.479 e. The minimum absolute atomic E-state index is 0.165. The van der Waals surface area contributed by atoms with Crippen LogP contribution in [0, 0.1) is 5.41 Å². The number of benzene rings is 1. The molecule has 6 heteroatoms. The van der Waals surface area contributed by atoms with Crippen LogP contribution >= 0.6 is 0 Å². The number of nitrogens with two attached hydrogens (primary N) is 1. The van der Waals surface area contributed by atoms with Gasteiger partial charge in [-0.15, -0.1) is 0 Å². The van der Waals surface area contributed by atoms with Crippen molar-refractivity contribution in [1.82, 2.24) is 5.43 Å². The van der Waals surface area contributed by atoms with Crippen LogP contribution in [0.1, 0.15) is 20.8 Å². The normalized spacial score (nSPS) is 18.3. The minimum atomic E-state index is -0.797. The van der Waals surface area contributed by atoms with E-state index in [1.165, 1.54) is 0 Å². The lowest BCUT2D eigenvalue weighted by molar-refractivity contribution is -0.130. The first-order chi connectivity index (χ1) is 9.36. The van der Waals surface area contributed by atoms with Crippen LogP contribution < -0.4 is 20.9 Å². The molecule has 0 radical (unpaired) electrons. The second-order valence-electron chi connectivity index (χ2n) is 5.51. The van der Waals surface area contributed by atoms with Gasteiger partial charge < -0.3 is 9.64 Å². The molecule has 1 aromatic carbocycles. The molecule has 0 aliphatic carbocycles. The molecule has 0 fully saturated rings. The molecule has 1 aromatic rings. The van der Waals surface area contributed by atoms with Crippen LogP contribution in [0.15, 0.2) is 24.3 Å². The number of nitrogens with zero attached hydrogens (tertiary/aromatic N) is 1. The van der Waals surface area contributed by atoms with E-state index in [1.807, 2.05) is 12.1 Å². The molecule has 0 spiro atoms. The number of amides is 2. The lowest BCUT2D eigenvalue weighted by Gasteiger charge is -2.37. The fraction of sp³-hybridized carbons (Fsp3) is 0.429. The number of hydrazine groups is 1. The number of carbonyl (C=O) groups excluding carboxylic acids is 2. The predicted molar refractivity (Wildman–Crippen MR) is 75.0 cm³/mol. The van der Waals surface area contributed by atoms with Gasteiger partial charge in [-0.1, -0.05) is 12.1 Å². The second-order valence-corrected chi connectivity index (χ2v) is 5.51. The molecule has 6 nitrogen and oxygen atoms in total. The number of hydrogen-bond donors (Lipinski definition) is 2. The van der Waals surface area contributed by atoms with E-state index in [9.17, 15) is 9.59 Å². The van der Waals surface area contributed by atoms with E-state index in [2.05, 4.69) is 5.43 Å². The fourth-order valence-electron chi connectivity index (χ4n) is 2.18. The SMILES string of the molecule is CC1Oc2ccccc2N(CC(C)(C)C(=O)NN)C1=O. The highest BCUT2D eigenvalue weighted by atomic mass is 16.5. The summed E-state index contributed by atoms with van der Waals surface area (Å²) in [7, 11) is 0. The van der Waals surface area contributed by atoms with Gasteiger partial charge in [-0.3, -0.25) is 15.0 Å². The molecule has 1 atom stereocenters. The predicted octanol–water partition coefficient (Wildman–Crippen LogP) is 0.817. The van der Waals surface area contributed by atoms with Gasteiger partial charge in [0.1, 0.15) is 5.75 Å². The van der Waals surface area contributed by atoms with Crippen molar-refractivity contribution in [2.24, 2.45) is 11.3 Å². The first-order valence-electron chi connectivity index (χ1n) is 6.45. The summed E-state index contributed by atoms with van der Waals surface area (Å²) in [6.07, 6.45) is -0.568. The van der Waals surface area contributed by atoms with Crippen LogP contribution in [0.25, 0.3) is 0 Å². The Morgan fingerprint density at radius 3 is 2.75 bits per heavy atom. The van der Waals surface area contributed by atoms with Crippen LogP contribution in [0.3, 0.4) is 0 Å². The zero-order valence-corrected chi connectivity index (χ0v) is 11.8. The summed E-state index contributed by atoms with van der Waals surface area (Å²) in [6.45, 7) is 5.41. The molecule has 0 aromatic heterocycles. The Kier molecular flexibility index (Phi) is 3.67. The van der Waals surface area contributed by atoms with Crippen molar-refractivity contribution in [3.05, 3.63) is 24.3 Å². The number of carbonyl (C=O) groups is 2. The van der Waals surface area contributed by atoms with Crippen molar-refractivity contribution in [2.45, 2.75) is 26.9 Å². The van der Waals surface area contributed by atoms with E-state index in [1.54, 1.807) is 37.8 Å². The Hall–Kier alpha value is -2.08. The topological polar surface area (TPSA) is 84.7 Å². The highest BCUT2D eigenvalue weighted by Crippen LogP contribution is 2.35. The van der Waals surface area contributed by atoms with Gasteiger partial charge in [0.15, 0.2) is 6.10 Å². The molecule has 3 N–H and O–H groups in total. The standard InChI is InChI=1S/C14H19N3O3/c1-9-12(18)17(8-14(2,3)13(19)16-15)10-6-4-5-7-11(10)20-9/h4-7,9H,8,15H2,1-3H3,(H,16,19). The van der Waals surface area contributed by atoms with Crippen LogP contribution in [-0.2, 0) is 9.59 Å². The van der Waals surface area contributed by atoms with Gasteiger partial charge in [0, 0.05) is 6.54 Å². The number of hydrogen-bond acceptors (Lipinski definition) is 4. The molecule has 20 heavy (non-hydrogen) atoms. The highest BCUT2D eigenvalue weighted by Gasteiger charge is 2.37. The van der Waals surface area contributed by atoms with Gasteiger partial charge in [0.05, 0.1) is 11.1 Å². The van der Waals surface area contributed by atoms with Crippen molar-refractivity contribution in [3.8, 4) is 5.75 Å². The fourth-order valence-corrected chi connectivity index (χ4v) is 2.18. The average molecular weight is 277 g/mol. The lowest BCUT2D eigenvalue weighted by Crippen LogP contribution is -2.52. The van der Waals surface area contributed by atoms with Crippen LogP contribution in [0.2, 0.25) is 0 Å². The molecule has 0 saturated carbocycles. The van der Waals surface area contributed by atoms with Gasteiger partial charge in [-0.2, -0.15) is 0 Å². The maximum atomic E-state index is 12.3. The van der Waals surface area contributed by atoms with E-state index >= 15 is 0 Å². The summed E-state index contributed by atoms with van der Waals surface area (Å²) in [5.41, 5.74) is 2.01. The average Bonchev–Trinajstić information content (AvgIpc) is 2.42. The van der Waals surface area contributed by atoms with E-state index in [0.29, 0.717) is 11.4 Å². The Morgan fingerprint density at radius 2 is 2.10 bits per heavy atom. The van der Waals surface area contributed by atoms with Gasteiger partial charge in [0.25, 0.3) is 5.91 Å². The second kappa shape index (κ2) is 5.13. The smallest absolute Gasteiger partial charge is 0.267 e. The summed E-state index contributed by atoms with van der Waals surface area (Å²) < 4.78 is 5.56. The van der Waals surface area contributed by atoms with Gasteiger partial charge in [-0.25, -0.2) is 5.84 Å². The highest BCUT2D eigenvalue weighted by molar-refractivity contribution is 6.00. The molecule has 0 saturated heterocycles. The zero-order chi connectivity index (χ0) is 14.9. The summed E-state index contributed by atoms with van der Waals surface area (Å²) >= 11 is 0. The molecule has 108 valence electrons. The van der Waals surface area contributed by atoms with Crippen LogP contribution in [-0.4, -0.2) is 24.5 Å². The molecule has 1 heterocycles. The first-order valence-corrected chi connectivity index (χ1v) is 6.45. The van der Waals surface area contributed by atoms with E-state index < -0.39 is 11.5 Å². The molecule has 0 bridgehead atoms. The van der Waals surface area contributed by atoms with Gasteiger partial charge in [-0.05, 0) is 32.9 Å². The number of nitrogens with one attached hydrogen (secondary N) is 1. The summed E-state index contributed by atoms with van der Waals surface area (Å²) in [5, 5.41) is 0. The third-order valence-electron chi connectivity index (χ3n) is 3.37. The van der Waals surface area contributed by atoms with E-state index in [4.69, 9.17) is 10.6 Å². The molecule has 1 aliphatic heterocycles. The number of fused-ring (bicyclic) bond motifs is 1. The van der Waals surface area contributed by atoms with Gasteiger partial charge in [0.2, 0.25) is 5.91 Å². The molecular weight excluding hydrogens is 258 g/mol. The van der Waals surface area contributed by atoms with E-state index in [0.717, 1.165) is 0 Å². The molecule has 2 amide bonds. The summed E-state index contributed by atoms with van der Waals surface area (Å²) in [5.74, 6) is 5.35. The number of para-hydroxylation sites is 2. The zero-order valence-electron chi connectivity index (χ0n) is 11.8. The van der Waals surface area contributed by atoms with Crippen molar-refractivity contribution in [3.63, 3.8) is 0 Å². The van der Waals surface area contributed by atoms with E-state index in [-0.39, 0.29) is 18.4 Å². The first kappa shape index (κ1) is 14.3.